The van der Waals surface area contributed by atoms with Gasteiger partial charge in [0.1, 0.15) is 5.82 Å². The first-order chi connectivity index (χ1) is 13.7. The summed E-state index contributed by atoms with van der Waals surface area (Å²) in [5.41, 5.74) is 3.95. The standard InChI is InChI=1S/C22H23N4OS/c1-15-26(13-20(28-15)16-7-3-2-4-8-16)25-12-6-11-19(25)22-23-18-10-5-9-17(14-27)21(18)24-22/h2-5,7-10,15,19,27H,6,11-12,14H2,1H3,(H,23,24). The summed E-state index contributed by atoms with van der Waals surface area (Å²) in [6.07, 6.45) is 5.80. The molecule has 2 unspecified atom stereocenters. The van der Waals surface area contributed by atoms with Crippen molar-refractivity contribution in [2.45, 2.75) is 37.8 Å². The van der Waals surface area contributed by atoms with Gasteiger partial charge in [-0.05, 0) is 31.4 Å². The van der Waals surface area contributed by atoms with Crippen molar-refractivity contribution in [2.24, 2.45) is 0 Å². The number of hydrogen-bond acceptors (Lipinski definition) is 5. The Morgan fingerprint density at radius 3 is 2.89 bits per heavy atom. The second-order valence-electron chi connectivity index (χ2n) is 7.28. The second kappa shape index (κ2) is 7.28. The molecule has 2 aliphatic heterocycles. The molecule has 0 aliphatic carbocycles. The molecule has 0 bridgehead atoms. The molecule has 3 heterocycles. The zero-order valence-corrected chi connectivity index (χ0v) is 16.6. The smallest absolute Gasteiger partial charge is 0.126 e. The van der Waals surface area contributed by atoms with Crippen LogP contribution in [-0.2, 0) is 6.61 Å². The highest BCUT2D eigenvalue weighted by Crippen LogP contribution is 2.43. The number of para-hydroxylation sites is 1. The molecular weight excluding hydrogens is 368 g/mol. The summed E-state index contributed by atoms with van der Waals surface area (Å²) in [5, 5.41) is 14.6. The number of nitrogens with one attached hydrogen (secondary N) is 1. The number of benzene rings is 2. The van der Waals surface area contributed by atoms with Crippen LogP contribution in [-0.4, -0.2) is 37.0 Å². The highest BCUT2D eigenvalue weighted by Gasteiger charge is 2.37. The number of aliphatic hydroxyl groups is 1. The fraction of sp³-hybridized carbons (Fsp3) is 0.318. The normalized spacial score (nSPS) is 22.9. The van der Waals surface area contributed by atoms with Crippen LogP contribution < -0.4 is 0 Å². The van der Waals surface area contributed by atoms with Crippen molar-refractivity contribution in [3.8, 4) is 0 Å². The molecule has 1 aromatic heterocycles. The highest BCUT2D eigenvalue weighted by molar-refractivity contribution is 8.09. The van der Waals surface area contributed by atoms with Crippen molar-refractivity contribution in [1.29, 1.82) is 0 Å². The van der Waals surface area contributed by atoms with E-state index in [4.69, 9.17) is 4.98 Å². The topological polar surface area (TPSA) is 55.4 Å². The first-order valence-corrected chi connectivity index (χ1v) is 10.6. The van der Waals surface area contributed by atoms with E-state index in [0.717, 1.165) is 41.8 Å². The number of H-pyrrole nitrogens is 1. The molecule has 2 aliphatic rings. The summed E-state index contributed by atoms with van der Waals surface area (Å²) < 4.78 is 0. The number of imidazole rings is 1. The van der Waals surface area contributed by atoms with Crippen LogP contribution in [0.25, 0.3) is 15.9 Å². The number of fused-ring (bicyclic) bond motifs is 1. The Morgan fingerprint density at radius 1 is 1.21 bits per heavy atom. The lowest BCUT2D eigenvalue weighted by molar-refractivity contribution is -0.00548. The van der Waals surface area contributed by atoms with E-state index in [1.165, 1.54) is 10.5 Å². The number of hydrazine groups is 1. The zero-order chi connectivity index (χ0) is 19.1. The van der Waals surface area contributed by atoms with E-state index in [0.29, 0.717) is 5.37 Å². The van der Waals surface area contributed by atoms with Crippen molar-refractivity contribution in [3.63, 3.8) is 0 Å². The second-order valence-corrected chi connectivity index (χ2v) is 8.61. The minimum absolute atomic E-state index is 0.00671. The van der Waals surface area contributed by atoms with Crippen molar-refractivity contribution in [1.82, 2.24) is 20.0 Å². The van der Waals surface area contributed by atoms with Gasteiger partial charge in [-0.1, -0.05) is 54.2 Å². The maximum absolute atomic E-state index is 9.62. The molecular formula is C22H23N4OS. The van der Waals surface area contributed by atoms with Gasteiger partial charge in [-0.15, -0.1) is 0 Å². The lowest BCUT2D eigenvalue weighted by Crippen LogP contribution is -2.41. The molecule has 2 atom stereocenters. The van der Waals surface area contributed by atoms with E-state index < -0.39 is 0 Å². The monoisotopic (exact) mass is 391 g/mol. The van der Waals surface area contributed by atoms with Gasteiger partial charge in [0.15, 0.2) is 0 Å². The van der Waals surface area contributed by atoms with Crippen LogP contribution >= 0.6 is 11.8 Å². The number of nitrogens with zero attached hydrogens (tertiary/aromatic N) is 3. The third-order valence-corrected chi connectivity index (χ3v) is 6.59. The first kappa shape index (κ1) is 17.8. The van der Waals surface area contributed by atoms with E-state index in [2.05, 4.69) is 52.4 Å². The summed E-state index contributed by atoms with van der Waals surface area (Å²) in [5.74, 6) is 0.973. The van der Waals surface area contributed by atoms with E-state index in [1.54, 1.807) is 0 Å². The predicted octanol–water partition coefficient (Wildman–Crippen LogP) is 4.30. The molecule has 1 saturated heterocycles. The van der Waals surface area contributed by atoms with E-state index in [9.17, 15) is 5.11 Å². The number of aromatic nitrogens is 2. The van der Waals surface area contributed by atoms with Crippen LogP contribution in [0.15, 0.2) is 48.5 Å². The summed E-state index contributed by atoms with van der Waals surface area (Å²) in [4.78, 5) is 9.54. The van der Waals surface area contributed by atoms with Crippen LogP contribution in [0.1, 0.15) is 42.8 Å². The average molecular weight is 392 g/mol. The number of thioether (sulfide) groups is 1. The summed E-state index contributed by atoms with van der Waals surface area (Å²) >= 11 is 1.85. The Labute approximate surface area is 169 Å². The molecule has 6 heteroatoms. The van der Waals surface area contributed by atoms with Crippen molar-refractivity contribution in [2.75, 3.05) is 6.54 Å². The summed E-state index contributed by atoms with van der Waals surface area (Å²) in [7, 11) is 0. The maximum Gasteiger partial charge on any atom is 0.126 e. The third kappa shape index (κ3) is 3.02. The third-order valence-electron chi connectivity index (χ3n) is 5.49. The van der Waals surface area contributed by atoms with Crippen molar-refractivity contribution >= 4 is 27.7 Å². The Hall–Kier alpha value is -2.28. The highest BCUT2D eigenvalue weighted by atomic mass is 32.2. The van der Waals surface area contributed by atoms with Gasteiger partial charge in [-0.3, -0.25) is 5.01 Å². The molecule has 1 radical (unpaired) electrons. The Bertz CT molecular complexity index is 1020. The minimum Gasteiger partial charge on any atom is -0.392 e. The van der Waals surface area contributed by atoms with Gasteiger partial charge < -0.3 is 10.1 Å². The molecule has 0 spiro atoms. The van der Waals surface area contributed by atoms with Crippen molar-refractivity contribution < 1.29 is 5.11 Å². The first-order valence-electron chi connectivity index (χ1n) is 9.74. The lowest BCUT2D eigenvalue weighted by Gasteiger charge is -2.34. The van der Waals surface area contributed by atoms with Gasteiger partial charge in [-0.25, -0.2) is 9.99 Å². The molecule has 3 aromatic rings. The number of rotatable bonds is 4. The van der Waals surface area contributed by atoms with Crippen molar-refractivity contribution in [3.05, 3.63) is 71.7 Å². The van der Waals surface area contributed by atoms with E-state index >= 15 is 0 Å². The van der Waals surface area contributed by atoms with Gasteiger partial charge in [0, 0.05) is 17.0 Å². The number of aromatic amines is 1. The number of aliphatic hydroxyl groups excluding tert-OH is 1. The van der Waals surface area contributed by atoms with Gasteiger partial charge in [0.05, 0.1) is 35.3 Å². The Balaban J connectivity index is 1.46. The van der Waals surface area contributed by atoms with Gasteiger partial charge in [0.2, 0.25) is 0 Å². The van der Waals surface area contributed by atoms with Crippen LogP contribution in [0.4, 0.5) is 0 Å². The van der Waals surface area contributed by atoms with E-state index in [-0.39, 0.29) is 12.6 Å². The minimum atomic E-state index is 0.00671. The fourth-order valence-electron chi connectivity index (χ4n) is 4.12. The SMILES string of the molecule is CC1SC(c2ccccc2)=[C]N1N1CCCC1c1nc2c(CO)cccc2[nH]1. The van der Waals surface area contributed by atoms with Gasteiger partial charge in [0.25, 0.3) is 0 Å². The Morgan fingerprint density at radius 2 is 2.07 bits per heavy atom. The molecule has 1 fully saturated rings. The maximum atomic E-state index is 9.62. The molecule has 2 N–H and O–H groups in total. The zero-order valence-electron chi connectivity index (χ0n) is 15.8. The average Bonchev–Trinajstić information content (AvgIpc) is 3.45. The molecule has 2 aromatic carbocycles. The summed E-state index contributed by atoms with van der Waals surface area (Å²) in [6, 6.07) is 16.6. The fourth-order valence-corrected chi connectivity index (χ4v) is 5.15. The predicted molar refractivity (Wildman–Crippen MR) is 113 cm³/mol. The Kier molecular flexibility index (Phi) is 4.62. The molecule has 143 valence electrons. The van der Waals surface area contributed by atoms with Crippen LogP contribution in [0.2, 0.25) is 0 Å². The van der Waals surface area contributed by atoms with Crippen LogP contribution in [0.5, 0.6) is 0 Å². The number of hydrogen-bond donors (Lipinski definition) is 2. The molecule has 5 rings (SSSR count). The largest absolute Gasteiger partial charge is 0.392 e. The summed E-state index contributed by atoms with van der Waals surface area (Å²) in [6.45, 7) is 3.23. The quantitative estimate of drug-likeness (QED) is 0.694. The lowest BCUT2D eigenvalue weighted by atomic mass is 10.2. The van der Waals surface area contributed by atoms with E-state index in [1.807, 2.05) is 36.0 Å². The van der Waals surface area contributed by atoms with Crippen LogP contribution in [0, 0.1) is 6.20 Å². The molecule has 28 heavy (non-hydrogen) atoms. The molecule has 0 amide bonds. The van der Waals surface area contributed by atoms with Crippen LogP contribution in [0.3, 0.4) is 0 Å². The molecule has 0 saturated carbocycles. The van der Waals surface area contributed by atoms with Gasteiger partial charge in [-0.2, -0.15) is 0 Å². The van der Waals surface area contributed by atoms with Gasteiger partial charge >= 0.3 is 0 Å². The molecule has 5 nitrogen and oxygen atoms in total.